The number of aromatic nitrogens is 2. The summed E-state index contributed by atoms with van der Waals surface area (Å²) in [5.41, 5.74) is 2.85. The van der Waals surface area contributed by atoms with Crippen LogP contribution in [-0.4, -0.2) is 51.3 Å². The van der Waals surface area contributed by atoms with Crippen molar-refractivity contribution in [2.75, 3.05) is 30.5 Å². The quantitative estimate of drug-likeness (QED) is 0.658. The molecule has 2 aromatic rings. The van der Waals surface area contributed by atoms with E-state index in [0.717, 1.165) is 22.5 Å². The molecule has 0 spiro atoms. The number of aliphatic hydroxyl groups excluding tert-OH is 1. The van der Waals surface area contributed by atoms with E-state index in [4.69, 9.17) is 16.7 Å². The van der Waals surface area contributed by atoms with Crippen LogP contribution in [0.25, 0.3) is 11.0 Å². The van der Waals surface area contributed by atoms with Gasteiger partial charge in [0.25, 0.3) is 0 Å². The number of aliphatic carboxylic acids is 1. The maximum Gasteiger partial charge on any atom is 0.303 e. The number of carboxylic acids is 1. The lowest BCUT2D eigenvalue weighted by Crippen LogP contribution is -2.28. The molecule has 8 heteroatoms. The van der Waals surface area contributed by atoms with E-state index < -0.39 is 5.97 Å². The average Bonchev–Trinajstić information content (AvgIpc) is 2.83. The first-order chi connectivity index (χ1) is 11.1. The van der Waals surface area contributed by atoms with Crippen LogP contribution >= 0.6 is 24.0 Å². The third kappa shape index (κ3) is 5.00. The minimum absolute atomic E-state index is 0. The zero-order valence-corrected chi connectivity index (χ0v) is 15.2. The normalized spacial score (nSPS) is 10.6. The molecule has 2 N–H and O–H groups in total. The standard InChI is InChI=1S/C16H22ClN3O3.ClH/c1-19-14-6-5-12(20(8-7-17)9-10-21)11-13(14)18-15(19)3-2-4-16(22)23;/h5-6,11,21H,2-4,7-10H2,1H3,(H,22,23);1H. The van der Waals surface area contributed by atoms with Gasteiger partial charge in [0.15, 0.2) is 0 Å². The summed E-state index contributed by atoms with van der Waals surface area (Å²) in [5, 5.41) is 17.9. The molecule has 24 heavy (non-hydrogen) atoms. The van der Waals surface area contributed by atoms with Crippen molar-refractivity contribution in [3.63, 3.8) is 0 Å². The first-order valence-corrected chi connectivity index (χ1v) is 8.19. The van der Waals surface area contributed by atoms with Gasteiger partial charge in [-0.25, -0.2) is 4.98 Å². The minimum Gasteiger partial charge on any atom is -0.481 e. The number of carbonyl (C=O) groups is 1. The Morgan fingerprint density at radius 1 is 1.38 bits per heavy atom. The van der Waals surface area contributed by atoms with E-state index in [1.165, 1.54) is 0 Å². The second-order valence-electron chi connectivity index (χ2n) is 5.41. The van der Waals surface area contributed by atoms with Crippen LogP contribution in [0.2, 0.25) is 0 Å². The van der Waals surface area contributed by atoms with Gasteiger partial charge in [-0.1, -0.05) is 0 Å². The van der Waals surface area contributed by atoms with E-state index in [9.17, 15) is 9.90 Å². The van der Waals surface area contributed by atoms with Crippen LogP contribution in [0.3, 0.4) is 0 Å². The van der Waals surface area contributed by atoms with Crippen LogP contribution in [0.1, 0.15) is 18.7 Å². The smallest absolute Gasteiger partial charge is 0.303 e. The van der Waals surface area contributed by atoms with Crippen molar-refractivity contribution in [2.45, 2.75) is 19.3 Å². The highest BCUT2D eigenvalue weighted by Gasteiger charge is 2.11. The molecule has 0 unspecified atom stereocenters. The molecule has 1 aromatic carbocycles. The number of imidazole rings is 1. The molecule has 1 heterocycles. The predicted molar refractivity (Wildman–Crippen MR) is 98.6 cm³/mol. The number of fused-ring (bicyclic) bond motifs is 1. The van der Waals surface area contributed by atoms with Gasteiger partial charge in [0.05, 0.1) is 17.6 Å². The number of aryl methyl sites for hydroxylation is 2. The number of nitrogens with zero attached hydrogens (tertiary/aromatic N) is 3. The average molecular weight is 376 g/mol. The fraction of sp³-hybridized carbons (Fsp3) is 0.500. The van der Waals surface area contributed by atoms with E-state index in [0.29, 0.717) is 31.8 Å². The predicted octanol–water partition coefficient (Wildman–Crippen LogP) is 2.44. The molecule has 0 bridgehead atoms. The van der Waals surface area contributed by atoms with Crippen molar-refractivity contribution in [1.29, 1.82) is 0 Å². The van der Waals surface area contributed by atoms with Crippen LogP contribution in [0, 0.1) is 0 Å². The van der Waals surface area contributed by atoms with E-state index in [1.54, 1.807) is 0 Å². The Morgan fingerprint density at radius 3 is 2.75 bits per heavy atom. The summed E-state index contributed by atoms with van der Waals surface area (Å²) in [4.78, 5) is 17.3. The maximum absolute atomic E-state index is 10.6. The fourth-order valence-electron chi connectivity index (χ4n) is 2.65. The summed E-state index contributed by atoms with van der Waals surface area (Å²) in [6.07, 6.45) is 1.35. The van der Waals surface area contributed by atoms with Gasteiger partial charge in [-0.15, -0.1) is 24.0 Å². The van der Waals surface area contributed by atoms with Crippen molar-refractivity contribution < 1.29 is 15.0 Å². The third-order valence-corrected chi connectivity index (χ3v) is 4.01. The van der Waals surface area contributed by atoms with Crippen LogP contribution in [0.5, 0.6) is 0 Å². The molecule has 0 saturated carbocycles. The molecule has 0 amide bonds. The Bertz CT molecular complexity index is 670. The lowest BCUT2D eigenvalue weighted by molar-refractivity contribution is -0.137. The molecule has 0 radical (unpaired) electrons. The molecular formula is C16H23Cl2N3O3. The molecule has 1 aromatic heterocycles. The highest BCUT2D eigenvalue weighted by Crippen LogP contribution is 2.23. The number of aliphatic hydroxyl groups is 1. The Hall–Kier alpha value is -1.50. The lowest BCUT2D eigenvalue weighted by atomic mass is 10.2. The van der Waals surface area contributed by atoms with Gasteiger partial charge < -0.3 is 19.7 Å². The number of carboxylic acid groups (broad SMARTS) is 1. The van der Waals surface area contributed by atoms with Gasteiger partial charge in [-0.3, -0.25) is 4.79 Å². The van der Waals surface area contributed by atoms with E-state index in [1.807, 2.05) is 34.7 Å². The Kier molecular flexibility index (Phi) is 8.31. The zero-order valence-electron chi connectivity index (χ0n) is 13.6. The van der Waals surface area contributed by atoms with Gasteiger partial charge in [0.2, 0.25) is 0 Å². The number of rotatable bonds is 9. The molecule has 0 aliphatic carbocycles. The van der Waals surface area contributed by atoms with Crippen LogP contribution in [0.4, 0.5) is 5.69 Å². The van der Waals surface area contributed by atoms with Crippen molar-refractivity contribution in [2.24, 2.45) is 7.05 Å². The second kappa shape index (κ2) is 9.71. The van der Waals surface area contributed by atoms with Crippen molar-refractivity contribution in [3.8, 4) is 0 Å². The summed E-state index contributed by atoms with van der Waals surface area (Å²) in [6, 6.07) is 5.97. The molecule has 2 rings (SSSR count). The first kappa shape index (κ1) is 20.5. The molecule has 0 fully saturated rings. The van der Waals surface area contributed by atoms with Gasteiger partial charge in [0.1, 0.15) is 5.82 Å². The largest absolute Gasteiger partial charge is 0.481 e. The molecule has 134 valence electrons. The summed E-state index contributed by atoms with van der Waals surface area (Å²) < 4.78 is 2.00. The monoisotopic (exact) mass is 375 g/mol. The molecule has 0 saturated heterocycles. The van der Waals surface area contributed by atoms with Crippen molar-refractivity contribution in [3.05, 3.63) is 24.0 Å². The zero-order chi connectivity index (χ0) is 16.8. The summed E-state index contributed by atoms with van der Waals surface area (Å²) in [5.74, 6) is 0.581. The number of hydrogen-bond acceptors (Lipinski definition) is 4. The second-order valence-corrected chi connectivity index (χ2v) is 5.78. The Labute approximate surface area is 152 Å². The van der Waals surface area contributed by atoms with Gasteiger partial charge >= 0.3 is 5.97 Å². The van der Waals surface area contributed by atoms with Crippen LogP contribution in [0.15, 0.2) is 18.2 Å². The van der Waals surface area contributed by atoms with E-state index >= 15 is 0 Å². The highest BCUT2D eigenvalue weighted by molar-refractivity contribution is 6.18. The topological polar surface area (TPSA) is 78.6 Å². The van der Waals surface area contributed by atoms with Gasteiger partial charge in [-0.05, 0) is 24.6 Å². The Morgan fingerprint density at radius 2 is 2.12 bits per heavy atom. The summed E-state index contributed by atoms with van der Waals surface area (Å²) in [7, 11) is 1.94. The van der Waals surface area contributed by atoms with Crippen LogP contribution < -0.4 is 4.90 Å². The number of benzene rings is 1. The molecular weight excluding hydrogens is 353 g/mol. The number of anilines is 1. The fourth-order valence-corrected chi connectivity index (χ4v) is 2.85. The first-order valence-electron chi connectivity index (χ1n) is 7.65. The maximum atomic E-state index is 10.6. The van der Waals surface area contributed by atoms with Crippen molar-refractivity contribution in [1.82, 2.24) is 9.55 Å². The van der Waals surface area contributed by atoms with E-state index in [-0.39, 0.29) is 25.4 Å². The summed E-state index contributed by atoms with van der Waals surface area (Å²) in [6.45, 7) is 1.25. The van der Waals surface area contributed by atoms with E-state index in [2.05, 4.69) is 4.98 Å². The molecule has 0 aliphatic heterocycles. The number of hydrogen-bond donors (Lipinski definition) is 2. The number of alkyl halides is 1. The molecule has 0 aliphatic rings. The molecule has 6 nitrogen and oxygen atoms in total. The lowest BCUT2D eigenvalue weighted by Gasteiger charge is -2.22. The number of halogens is 2. The minimum atomic E-state index is -0.785. The third-order valence-electron chi connectivity index (χ3n) is 3.84. The summed E-state index contributed by atoms with van der Waals surface area (Å²) >= 11 is 5.82. The molecule has 0 atom stereocenters. The Balaban J connectivity index is 0.00000288. The van der Waals surface area contributed by atoms with Crippen molar-refractivity contribution >= 4 is 46.7 Å². The van der Waals surface area contributed by atoms with Gasteiger partial charge in [-0.2, -0.15) is 0 Å². The SMILES string of the molecule is Cl.Cn1c(CCCC(=O)O)nc2cc(N(CCO)CCCl)ccc21. The highest BCUT2D eigenvalue weighted by atomic mass is 35.5. The van der Waals surface area contributed by atoms with Crippen LogP contribution in [-0.2, 0) is 18.3 Å². The van der Waals surface area contributed by atoms with Gasteiger partial charge in [0, 0.05) is 44.5 Å².